The first-order valence-electron chi connectivity index (χ1n) is 5.46. The van der Waals surface area contributed by atoms with Crippen molar-refractivity contribution >= 4 is 38.9 Å². The summed E-state index contributed by atoms with van der Waals surface area (Å²) in [5, 5.41) is 0.796. The van der Waals surface area contributed by atoms with E-state index in [1.54, 1.807) is 0 Å². The molecule has 1 unspecified atom stereocenters. The van der Waals surface area contributed by atoms with E-state index < -0.39 is 0 Å². The first kappa shape index (κ1) is 13.1. The van der Waals surface area contributed by atoms with E-state index in [0.717, 1.165) is 5.02 Å². The minimum Gasteiger partial charge on any atom is -0.146 e. The number of benzene rings is 1. The van der Waals surface area contributed by atoms with Crippen LogP contribution in [0.1, 0.15) is 31.3 Å². The van der Waals surface area contributed by atoms with Crippen LogP contribution in [0.4, 0.5) is 0 Å². The van der Waals surface area contributed by atoms with Gasteiger partial charge in [-0.2, -0.15) is 0 Å². The first-order chi connectivity index (χ1) is 7.99. The minimum atomic E-state index is 0.254. The number of hydrogen-bond donors (Lipinski definition) is 0. The monoisotopic (exact) mass is 328 g/mol. The molecule has 0 saturated carbocycles. The Morgan fingerprint density at radius 3 is 2.35 bits per heavy atom. The maximum Gasteiger partial charge on any atom is 0.0657 e. The van der Waals surface area contributed by atoms with Gasteiger partial charge >= 0.3 is 0 Å². The molecule has 0 fully saturated rings. The van der Waals surface area contributed by atoms with Crippen LogP contribution in [0, 0.1) is 20.8 Å². The molecule has 0 nitrogen and oxygen atoms in total. The second kappa shape index (κ2) is 5.13. The number of thiophene rings is 1. The van der Waals surface area contributed by atoms with Gasteiger partial charge in [-0.15, -0.1) is 11.3 Å². The van der Waals surface area contributed by atoms with Crippen molar-refractivity contribution in [3.8, 4) is 0 Å². The fourth-order valence-electron chi connectivity index (χ4n) is 1.99. The number of alkyl halides is 1. The molecular formula is C14H14BrClS. The van der Waals surface area contributed by atoms with Gasteiger partial charge in [0.2, 0.25) is 0 Å². The van der Waals surface area contributed by atoms with Crippen LogP contribution < -0.4 is 0 Å². The van der Waals surface area contributed by atoms with Crippen LogP contribution >= 0.6 is 38.9 Å². The fourth-order valence-corrected chi connectivity index (χ4v) is 4.32. The lowest BCUT2D eigenvalue weighted by molar-refractivity contribution is 1.14. The molecule has 0 N–H and O–H groups in total. The Bertz CT molecular complexity index is 545. The van der Waals surface area contributed by atoms with Crippen molar-refractivity contribution < 1.29 is 0 Å². The van der Waals surface area contributed by atoms with E-state index in [2.05, 4.69) is 48.8 Å². The molecule has 1 aromatic carbocycles. The van der Waals surface area contributed by atoms with Gasteiger partial charge in [0.05, 0.1) is 4.83 Å². The molecule has 0 spiro atoms. The van der Waals surface area contributed by atoms with Gasteiger partial charge in [-0.3, -0.25) is 0 Å². The number of halogens is 2. The molecular weight excluding hydrogens is 316 g/mol. The third-order valence-corrected chi connectivity index (χ3v) is 5.06. The molecule has 1 atom stereocenters. The molecule has 0 amide bonds. The van der Waals surface area contributed by atoms with Gasteiger partial charge in [-0.1, -0.05) is 33.6 Å². The van der Waals surface area contributed by atoms with Gasteiger partial charge in [0.1, 0.15) is 0 Å². The zero-order valence-corrected chi connectivity index (χ0v) is 13.2. The SMILES string of the molecule is Cc1cc(C(Br)c2ccc(Cl)cc2C)c(C)s1. The van der Waals surface area contributed by atoms with Crippen LogP contribution in [0.15, 0.2) is 24.3 Å². The lowest BCUT2D eigenvalue weighted by Crippen LogP contribution is -1.95. The molecule has 90 valence electrons. The van der Waals surface area contributed by atoms with E-state index in [1.807, 2.05) is 23.5 Å². The van der Waals surface area contributed by atoms with Crippen molar-refractivity contribution in [1.29, 1.82) is 0 Å². The quantitative estimate of drug-likeness (QED) is 0.610. The maximum absolute atomic E-state index is 5.99. The van der Waals surface area contributed by atoms with Crippen molar-refractivity contribution in [3.05, 3.63) is 55.7 Å². The number of aryl methyl sites for hydroxylation is 3. The van der Waals surface area contributed by atoms with Crippen LogP contribution in [0.25, 0.3) is 0 Å². The Hall–Kier alpha value is -0.310. The van der Waals surface area contributed by atoms with Crippen LogP contribution in [0.2, 0.25) is 5.02 Å². The predicted molar refractivity (Wildman–Crippen MR) is 80.8 cm³/mol. The van der Waals surface area contributed by atoms with Crippen molar-refractivity contribution in [2.45, 2.75) is 25.6 Å². The highest BCUT2D eigenvalue weighted by Gasteiger charge is 2.16. The summed E-state index contributed by atoms with van der Waals surface area (Å²) in [6.07, 6.45) is 0. The third kappa shape index (κ3) is 2.75. The van der Waals surface area contributed by atoms with Crippen LogP contribution in [-0.4, -0.2) is 0 Å². The van der Waals surface area contributed by atoms with Crippen LogP contribution in [-0.2, 0) is 0 Å². The summed E-state index contributed by atoms with van der Waals surface area (Å²) < 4.78 is 0. The molecule has 1 heterocycles. The molecule has 0 aliphatic heterocycles. The van der Waals surface area contributed by atoms with E-state index in [9.17, 15) is 0 Å². The van der Waals surface area contributed by atoms with Crippen molar-refractivity contribution in [2.75, 3.05) is 0 Å². The summed E-state index contributed by atoms with van der Waals surface area (Å²) in [5.74, 6) is 0. The minimum absolute atomic E-state index is 0.254. The Labute approximate surface area is 120 Å². The summed E-state index contributed by atoms with van der Waals surface area (Å²) in [6.45, 7) is 6.42. The molecule has 17 heavy (non-hydrogen) atoms. The van der Waals surface area contributed by atoms with Gasteiger partial charge in [0, 0.05) is 14.8 Å². The Kier molecular flexibility index (Phi) is 3.96. The Morgan fingerprint density at radius 2 is 1.82 bits per heavy atom. The van der Waals surface area contributed by atoms with Gasteiger partial charge in [0.25, 0.3) is 0 Å². The Balaban J connectivity index is 2.43. The largest absolute Gasteiger partial charge is 0.146 e. The fraction of sp³-hybridized carbons (Fsp3) is 0.286. The number of hydrogen-bond acceptors (Lipinski definition) is 1. The van der Waals surface area contributed by atoms with E-state index in [0.29, 0.717) is 0 Å². The second-order valence-electron chi connectivity index (χ2n) is 4.23. The summed E-state index contributed by atoms with van der Waals surface area (Å²) >= 11 is 11.6. The summed E-state index contributed by atoms with van der Waals surface area (Å²) in [4.78, 5) is 2.98. The molecule has 0 bridgehead atoms. The topological polar surface area (TPSA) is 0 Å². The van der Waals surface area contributed by atoms with E-state index >= 15 is 0 Å². The highest BCUT2D eigenvalue weighted by molar-refractivity contribution is 9.09. The summed E-state index contributed by atoms with van der Waals surface area (Å²) in [6, 6.07) is 8.32. The zero-order chi connectivity index (χ0) is 12.6. The van der Waals surface area contributed by atoms with E-state index in [-0.39, 0.29) is 4.83 Å². The van der Waals surface area contributed by atoms with Crippen LogP contribution in [0.5, 0.6) is 0 Å². The lowest BCUT2D eigenvalue weighted by atomic mass is 10.0. The average molecular weight is 330 g/mol. The molecule has 2 rings (SSSR count). The zero-order valence-electron chi connectivity index (χ0n) is 10.1. The lowest BCUT2D eigenvalue weighted by Gasteiger charge is -2.13. The molecule has 1 aromatic heterocycles. The third-order valence-electron chi connectivity index (χ3n) is 2.86. The standard InChI is InChI=1S/C14H14BrClS/c1-8-6-11(16)4-5-12(8)14(15)13-7-9(2)17-10(13)3/h4-7,14H,1-3H3. The highest BCUT2D eigenvalue weighted by atomic mass is 79.9. The molecule has 0 saturated heterocycles. The predicted octanol–water partition coefficient (Wildman–Crippen LogP) is 5.81. The molecule has 0 radical (unpaired) electrons. The van der Waals surface area contributed by atoms with E-state index in [1.165, 1.54) is 26.4 Å². The summed E-state index contributed by atoms with van der Waals surface area (Å²) in [5.41, 5.74) is 3.87. The average Bonchev–Trinajstić information content (AvgIpc) is 2.57. The molecule has 0 aliphatic rings. The normalized spacial score (nSPS) is 12.8. The van der Waals surface area contributed by atoms with Crippen molar-refractivity contribution in [1.82, 2.24) is 0 Å². The maximum atomic E-state index is 5.99. The van der Waals surface area contributed by atoms with Crippen LogP contribution in [0.3, 0.4) is 0 Å². The second-order valence-corrected chi connectivity index (χ2v) is 7.04. The smallest absolute Gasteiger partial charge is 0.0657 e. The van der Waals surface area contributed by atoms with Gasteiger partial charge < -0.3 is 0 Å². The highest BCUT2D eigenvalue weighted by Crippen LogP contribution is 2.38. The van der Waals surface area contributed by atoms with Crippen molar-refractivity contribution in [3.63, 3.8) is 0 Å². The van der Waals surface area contributed by atoms with Gasteiger partial charge in [0.15, 0.2) is 0 Å². The molecule has 2 aromatic rings. The summed E-state index contributed by atoms with van der Waals surface area (Å²) in [7, 11) is 0. The first-order valence-corrected chi connectivity index (χ1v) is 7.57. The molecule has 3 heteroatoms. The molecule has 0 aliphatic carbocycles. The van der Waals surface area contributed by atoms with E-state index in [4.69, 9.17) is 11.6 Å². The van der Waals surface area contributed by atoms with Gasteiger partial charge in [-0.25, -0.2) is 0 Å². The number of rotatable bonds is 2. The van der Waals surface area contributed by atoms with Gasteiger partial charge in [-0.05, 0) is 55.7 Å². The van der Waals surface area contributed by atoms with Crippen molar-refractivity contribution in [2.24, 2.45) is 0 Å². The Morgan fingerprint density at radius 1 is 1.12 bits per heavy atom.